The van der Waals surface area contributed by atoms with E-state index in [2.05, 4.69) is 5.10 Å². The monoisotopic (exact) mass is 410 g/mol. The van der Waals surface area contributed by atoms with Gasteiger partial charge in [0.1, 0.15) is 6.61 Å². The number of allylic oxidation sites excluding steroid dienone is 3. The molecule has 0 aliphatic heterocycles. The summed E-state index contributed by atoms with van der Waals surface area (Å²) in [4.78, 5) is 12.3. The molecule has 0 bridgehead atoms. The van der Waals surface area contributed by atoms with Crippen molar-refractivity contribution < 1.29 is 9.47 Å². The first-order valence-electron chi connectivity index (χ1n) is 9.68. The van der Waals surface area contributed by atoms with Crippen molar-refractivity contribution in [3.63, 3.8) is 0 Å². The quantitative estimate of drug-likeness (QED) is 0.528. The number of hydrogen-bond acceptors (Lipinski definition) is 4. The minimum absolute atomic E-state index is 0.0456. The Morgan fingerprint density at radius 1 is 1.25 bits per heavy atom. The van der Waals surface area contributed by atoms with Crippen LogP contribution in [0.5, 0.6) is 5.75 Å². The standard InChI is InChI=1S/C20H29ClN2O3.C2H6/c1-7-9-16(14-25-8-2)11-10-15(3)13-26-17-12-22-23(20(4,5)6)19(24)18(17)21;1-2/h7,9-12H,8,13-14H2,1-6H3;1-2H3/b9-7-,15-10+,16-11+;. The van der Waals surface area contributed by atoms with Crippen LogP contribution in [0.4, 0.5) is 0 Å². The van der Waals surface area contributed by atoms with Crippen LogP contribution in [-0.4, -0.2) is 29.6 Å². The first kappa shape index (κ1) is 26.1. The number of hydrogen-bond donors (Lipinski definition) is 0. The molecule has 0 amide bonds. The second-order valence-electron chi connectivity index (χ2n) is 6.89. The van der Waals surface area contributed by atoms with E-state index in [1.807, 2.05) is 79.7 Å². The predicted octanol–water partition coefficient (Wildman–Crippen LogP) is 5.54. The smallest absolute Gasteiger partial charge is 0.289 e. The zero-order valence-corrected chi connectivity index (χ0v) is 19.3. The summed E-state index contributed by atoms with van der Waals surface area (Å²) >= 11 is 6.16. The van der Waals surface area contributed by atoms with Crippen molar-refractivity contribution in [1.29, 1.82) is 0 Å². The molecule has 158 valence electrons. The number of ether oxygens (including phenoxy) is 2. The molecular weight excluding hydrogens is 376 g/mol. The highest BCUT2D eigenvalue weighted by molar-refractivity contribution is 6.31. The summed E-state index contributed by atoms with van der Waals surface area (Å²) in [6.07, 6.45) is 9.42. The molecule has 0 atom stereocenters. The molecule has 1 heterocycles. The van der Waals surface area contributed by atoms with Gasteiger partial charge in [-0.1, -0.05) is 49.8 Å². The third-order valence-corrected chi connectivity index (χ3v) is 3.76. The summed E-state index contributed by atoms with van der Waals surface area (Å²) in [6, 6.07) is 0. The average Bonchev–Trinajstić information content (AvgIpc) is 2.65. The van der Waals surface area contributed by atoms with Crippen molar-refractivity contribution in [3.8, 4) is 5.75 Å². The number of rotatable bonds is 8. The molecule has 1 aromatic rings. The van der Waals surface area contributed by atoms with Gasteiger partial charge >= 0.3 is 0 Å². The highest BCUT2D eigenvalue weighted by Crippen LogP contribution is 2.21. The summed E-state index contributed by atoms with van der Waals surface area (Å²) in [5.74, 6) is 0.289. The van der Waals surface area contributed by atoms with Crippen molar-refractivity contribution in [3.05, 3.63) is 57.0 Å². The average molecular weight is 411 g/mol. The molecular formula is C22H35ClN2O3. The van der Waals surface area contributed by atoms with E-state index in [1.165, 1.54) is 10.9 Å². The van der Waals surface area contributed by atoms with Crippen LogP contribution in [-0.2, 0) is 10.3 Å². The van der Waals surface area contributed by atoms with E-state index >= 15 is 0 Å². The molecule has 1 aromatic heterocycles. The molecule has 0 saturated heterocycles. The molecule has 5 nitrogen and oxygen atoms in total. The Balaban J connectivity index is 0.00000352. The van der Waals surface area contributed by atoms with Crippen molar-refractivity contribution in [2.75, 3.05) is 19.8 Å². The molecule has 1 rings (SSSR count). The topological polar surface area (TPSA) is 53.4 Å². The van der Waals surface area contributed by atoms with Gasteiger partial charge in [-0.3, -0.25) is 4.79 Å². The van der Waals surface area contributed by atoms with E-state index in [9.17, 15) is 4.79 Å². The molecule has 0 N–H and O–H groups in total. The summed E-state index contributed by atoms with van der Waals surface area (Å²) < 4.78 is 12.5. The number of aromatic nitrogens is 2. The molecule has 0 radical (unpaired) electrons. The Kier molecular flexibility index (Phi) is 12.5. The maximum absolute atomic E-state index is 12.3. The molecule has 28 heavy (non-hydrogen) atoms. The number of nitrogens with zero attached hydrogens (tertiary/aromatic N) is 2. The maximum atomic E-state index is 12.3. The van der Waals surface area contributed by atoms with Crippen LogP contribution in [0.3, 0.4) is 0 Å². The Hall–Kier alpha value is -1.85. The van der Waals surface area contributed by atoms with Crippen LogP contribution < -0.4 is 10.3 Å². The fourth-order valence-electron chi connectivity index (χ4n) is 2.07. The molecule has 0 aliphatic carbocycles. The molecule has 0 unspecified atom stereocenters. The van der Waals surface area contributed by atoms with Crippen molar-refractivity contribution >= 4 is 11.6 Å². The molecule has 0 aromatic carbocycles. The van der Waals surface area contributed by atoms with E-state index in [0.717, 1.165) is 11.1 Å². The Morgan fingerprint density at radius 3 is 2.43 bits per heavy atom. The lowest BCUT2D eigenvalue weighted by atomic mass is 10.1. The lowest BCUT2D eigenvalue weighted by Crippen LogP contribution is -2.36. The van der Waals surface area contributed by atoms with Gasteiger partial charge in [0, 0.05) is 6.61 Å². The van der Waals surface area contributed by atoms with Crippen LogP contribution in [0.25, 0.3) is 0 Å². The Labute approximate surface area is 174 Å². The normalized spacial score (nSPS) is 12.8. The van der Waals surface area contributed by atoms with Gasteiger partial charge in [0.25, 0.3) is 5.56 Å². The fourth-order valence-corrected chi connectivity index (χ4v) is 2.25. The zero-order chi connectivity index (χ0) is 21.7. The minimum atomic E-state index is -0.441. The summed E-state index contributed by atoms with van der Waals surface area (Å²) in [5, 5.41) is 4.20. The Morgan fingerprint density at radius 2 is 1.89 bits per heavy atom. The van der Waals surface area contributed by atoms with E-state index in [4.69, 9.17) is 21.1 Å². The second-order valence-corrected chi connectivity index (χ2v) is 7.27. The van der Waals surface area contributed by atoms with Gasteiger partial charge in [-0.25, -0.2) is 4.68 Å². The summed E-state index contributed by atoms with van der Waals surface area (Å²) in [5.41, 5.74) is 1.26. The van der Waals surface area contributed by atoms with Crippen LogP contribution >= 0.6 is 11.6 Å². The lowest BCUT2D eigenvalue weighted by molar-refractivity contribution is 0.173. The summed E-state index contributed by atoms with van der Waals surface area (Å²) in [6.45, 7) is 17.1. The first-order valence-corrected chi connectivity index (χ1v) is 10.1. The highest BCUT2D eigenvalue weighted by atomic mass is 35.5. The number of halogens is 1. The van der Waals surface area contributed by atoms with Gasteiger partial charge in [-0.15, -0.1) is 0 Å². The van der Waals surface area contributed by atoms with Crippen molar-refractivity contribution in [1.82, 2.24) is 9.78 Å². The van der Waals surface area contributed by atoms with E-state index in [1.54, 1.807) is 0 Å². The van der Waals surface area contributed by atoms with Gasteiger partial charge in [-0.2, -0.15) is 5.10 Å². The Bertz CT molecular complexity index is 741. The van der Waals surface area contributed by atoms with Gasteiger partial charge in [0.2, 0.25) is 0 Å². The molecule has 0 spiro atoms. The van der Waals surface area contributed by atoms with Gasteiger partial charge in [0.15, 0.2) is 10.8 Å². The van der Waals surface area contributed by atoms with Crippen LogP contribution in [0.1, 0.15) is 55.4 Å². The molecule has 0 aliphatic rings. The largest absolute Gasteiger partial charge is 0.486 e. The SMILES string of the molecule is CC.C\C=C/C(=C\C=C(/C)COc1cnn(C(C)(C)C)c(=O)c1Cl)COCC. The van der Waals surface area contributed by atoms with Crippen molar-refractivity contribution in [2.45, 2.75) is 60.9 Å². The fraction of sp³-hybridized carbons (Fsp3) is 0.545. The van der Waals surface area contributed by atoms with E-state index in [0.29, 0.717) is 19.8 Å². The third-order valence-electron chi connectivity index (χ3n) is 3.41. The maximum Gasteiger partial charge on any atom is 0.289 e. The van der Waals surface area contributed by atoms with Crippen LogP contribution in [0, 0.1) is 0 Å². The predicted molar refractivity (Wildman–Crippen MR) is 118 cm³/mol. The van der Waals surface area contributed by atoms with Crippen molar-refractivity contribution in [2.24, 2.45) is 0 Å². The van der Waals surface area contributed by atoms with Crippen LogP contribution in [0.2, 0.25) is 5.02 Å². The molecule has 6 heteroatoms. The highest BCUT2D eigenvalue weighted by Gasteiger charge is 2.19. The minimum Gasteiger partial charge on any atom is -0.486 e. The van der Waals surface area contributed by atoms with E-state index < -0.39 is 5.54 Å². The molecule has 0 saturated carbocycles. The third kappa shape index (κ3) is 8.89. The zero-order valence-electron chi connectivity index (χ0n) is 18.5. The molecule has 0 fully saturated rings. The van der Waals surface area contributed by atoms with E-state index in [-0.39, 0.29) is 16.3 Å². The van der Waals surface area contributed by atoms with Crippen LogP contribution in [0.15, 0.2) is 46.4 Å². The van der Waals surface area contributed by atoms with Gasteiger partial charge < -0.3 is 9.47 Å². The van der Waals surface area contributed by atoms with Gasteiger partial charge in [-0.05, 0) is 52.7 Å². The van der Waals surface area contributed by atoms with Gasteiger partial charge in [0.05, 0.1) is 18.3 Å². The lowest BCUT2D eigenvalue weighted by Gasteiger charge is -2.21. The summed E-state index contributed by atoms with van der Waals surface area (Å²) in [7, 11) is 0. The second kappa shape index (κ2) is 13.3. The first-order chi connectivity index (χ1) is 13.2.